The number of thioether (sulfide) groups is 1. The van der Waals surface area contributed by atoms with Gasteiger partial charge < -0.3 is 4.74 Å². The Hall–Kier alpha value is -3.32. The zero-order valence-corrected chi connectivity index (χ0v) is 21.9. The van der Waals surface area contributed by atoms with E-state index in [9.17, 15) is 9.59 Å². The largest absolute Gasteiger partial charge is 0.464 e. The summed E-state index contributed by atoms with van der Waals surface area (Å²) in [4.78, 5) is 28.1. The number of halogens is 1. The molecule has 3 aromatic carbocycles. The summed E-state index contributed by atoms with van der Waals surface area (Å²) in [5, 5.41) is 3.52. The van der Waals surface area contributed by atoms with Crippen molar-refractivity contribution in [2.45, 2.75) is 17.0 Å². The van der Waals surface area contributed by atoms with Gasteiger partial charge in [-0.3, -0.25) is 15.0 Å². The molecule has 2 aliphatic rings. The normalized spacial score (nSPS) is 19.5. The van der Waals surface area contributed by atoms with Crippen molar-refractivity contribution in [3.63, 3.8) is 0 Å². The van der Waals surface area contributed by atoms with E-state index in [0.29, 0.717) is 17.3 Å². The second kappa shape index (κ2) is 11.0. The number of nitrogens with zero attached hydrogens (tertiary/aromatic N) is 1. The average Bonchev–Trinajstić information content (AvgIpc) is 2.97. The lowest BCUT2D eigenvalue weighted by Gasteiger charge is -2.53. The average molecular weight is 531 g/mol. The molecule has 1 fully saturated rings. The van der Waals surface area contributed by atoms with Crippen molar-refractivity contribution >= 4 is 35.2 Å². The number of β-lactam (4-membered cyclic amide) rings is 1. The lowest BCUT2D eigenvalue weighted by Crippen LogP contribution is -2.72. The molecular formula is C30H27ClN2O3S. The van der Waals surface area contributed by atoms with E-state index < -0.39 is 17.6 Å². The van der Waals surface area contributed by atoms with Crippen molar-refractivity contribution < 1.29 is 14.3 Å². The van der Waals surface area contributed by atoms with Gasteiger partial charge >= 0.3 is 5.97 Å². The Labute approximate surface area is 226 Å². The highest BCUT2D eigenvalue weighted by atomic mass is 35.5. The Morgan fingerprint density at radius 2 is 1.51 bits per heavy atom. The number of methoxy groups -OCH3 is 1. The summed E-state index contributed by atoms with van der Waals surface area (Å²) < 4.78 is 5.06. The summed E-state index contributed by atoms with van der Waals surface area (Å²) in [6.45, 7) is 0. The van der Waals surface area contributed by atoms with E-state index in [0.717, 1.165) is 22.3 Å². The van der Waals surface area contributed by atoms with Gasteiger partial charge in [0.1, 0.15) is 17.1 Å². The number of amides is 1. The van der Waals surface area contributed by atoms with Crippen LogP contribution in [0.5, 0.6) is 0 Å². The molecule has 188 valence electrons. The second-order valence-corrected chi connectivity index (χ2v) is 10.2. The van der Waals surface area contributed by atoms with Crippen LogP contribution < -0.4 is 5.32 Å². The van der Waals surface area contributed by atoms with E-state index in [-0.39, 0.29) is 11.3 Å². The summed E-state index contributed by atoms with van der Waals surface area (Å²) in [6, 6.07) is 30.0. The fourth-order valence-corrected chi connectivity index (χ4v) is 6.50. The minimum atomic E-state index is -0.787. The molecule has 5 nitrogen and oxygen atoms in total. The monoisotopic (exact) mass is 530 g/mol. The van der Waals surface area contributed by atoms with Crippen LogP contribution in [-0.4, -0.2) is 46.9 Å². The summed E-state index contributed by atoms with van der Waals surface area (Å²) >= 11 is 7.46. The molecule has 5 rings (SSSR count). The Bertz CT molecular complexity index is 1230. The number of alkyl halides is 1. The number of carbonyl (C=O) groups is 2. The van der Waals surface area contributed by atoms with Crippen LogP contribution >= 0.6 is 23.4 Å². The fraction of sp³-hybridized carbons (Fsp3) is 0.200. The number of rotatable bonds is 8. The van der Waals surface area contributed by atoms with Gasteiger partial charge in [0.25, 0.3) is 0 Å². The molecule has 3 aromatic rings. The maximum absolute atomic E-state index is 13.8. The molecule has 0 aliphatic carbocycles. The standard InChI is InChI=1S/C30H27ClN2O3S/c1-36-29(35)26-21(12-11-19-31)20-37-28-25(27(34)33(26)28)32-30(22-13-5-2-6-14-22,23-15-7-3-8-16-23)24-17-9-4-10-18-24/h2-18,25,28,32H,19-20H2,1H3/b12-11+/t25-,28-/m1/s1. The van der Waals surface area contributed by atoms with Crippen LogP contribution in [0.1, 0.15) is 16.7 Å². The highest BCUT2D eigenvalue weighted by molar-refractivity contribution is 8.00. The number of carbonyl (C=O) groups excluding carboxylic acids is 2. The minimum Gasteiger partial charge on any atom is -0.464 e. The van der Waals surface area contributed by atoms with Crippen LogP contribution in [0, 0.1) is 0 Å². The van der Waals surface area contributed by atoms with Gasteiger partial charge in [0.05, 0.1) is 12.6 Å². The Balaban J connectivity index is 1.61. The molecule has 37 heavy (non-hydrogen) atoms. The van der Waals surface area contributed by atoms with Crippen molar-refractivity contribution in [1.29, 1.82) is 0 Å². The summed E-state index contributed by atoms with van der Waals surface area (Å²) in [5.74, 6) is 0.200. The number of hydrogen-bond donors (Lipinski definition) is 1. The summed E-state index contributed by atoms with van der Waals surface area (Å²) in [5.41, 5.74) is 3.31. The van der Waals surface area contributed by atoms with Crippen molar-refractivity contribution in [2.24, 2.45) is 0 Å². The maximum atomic E-state index is 13.8. The first-order valence-electron chi connectivity index (χ1n) is 12.0. The zero-order valence-electron chi connectivity index (χ0n) is 20.3. The third-order valence-corrected chi connectivity index (χ3v) is 8.26. The van der Waals surface area contributed by atoms with Gasteiger partial charge in [-0.15, -0.1) is 23.4 Å². The van der Waals surface area contributed by atoms with Gasteiger partial charge in [-0.2, -0.15) is 0 Å². The number of esters is 1. The fourth-order valence-electron chi connectivity index (χ4n) is 5.09. The van der Waals surface area contributed by atoms with Crippen molar-refractivity contribution in [2.75, 3.05) is 18.7 Å². The van der Waals surface area contributed by atoms with Gasteiger partial charge in [-0.1, -0.05) is 103 Å². The molecule has 7 heteroatoms. The van der Waals surface area contributed by atoms with Gasteiger partial charge in [-0.05, 0) is 22.3 Å². The quantitative estimate of drug-likeness (QED) is 0.191. The smallest absolute Gasteiger partial charge is 0.355 e. The second-order valence-electron chi connectivity index (χ2n) is 8.80. The molecule has 2 aliphatic heterocycles. The Morgan fingerprint density at radius 3 is 1.97 bits per heavy atom. The summed E-state index contributed by atoms with van der Waals surface area (Å²) in [7, 11) is 1.33. The predicted molar refractivity (Wildman–Crippen MR) is 148 cm³/mol. The number of hydrogen-bond acceptors (Lipinski definition) is 5. The topological polar surface area (TPSA) is 58.6 Å². The molecule has 0 spiro atoms. The molecule has 2 atom stereocenters. The van der Waals surface area contributed by atoms with Crippen molar-refractivity contribution in [3.05, 3.63) is 131 Å². The van der Waals surface area contributed by atoms with Crippen LogP contribution in [0.15, 0.2) is 114 Å². The van der Waals surface area contributed by atoms with E-state index in [1.807, 2.05) is 54.6 Å². The Kier molecular flexibility index (Phi) is 7.51. The third kappa shape index (κ3) is 4.50. The van der Waals surface area contributed by atoms with Gasteiger partial charge in [0.2, 0.25) is 5.91 Å². The number of ether oxygens (including phenoxy) is 1. The molecule has 0 radical (unpaired) electrons. The first-order valence-corrected chi connectivity index (χ1v) is 13.6. The van der Waals surface area contributed by atoms with Gasteiger partial charge in [0, 0.05) is 11.6 Å². The van der Waals surface area contributed by atoms with E-state index >= 15 is 0 Å². The van der Waals surface area contributed by atoms with Crippen LogP contribution in [0.3, 0.4) is 0 Å². The van der Waals surface area contributed by atoms with Gasteiger partial charge in [0.15, 0.2) is 0 Å². The number of fused-ring (bicyclic) bond motifs is 1. The van der Waals surface area contributed by atoms with E-state index in [1.54, 1.807) is 28.8 Å². The van der Waals surface area contributed by atoms with Crippen LogP contribution in [0.2, 0.25) is 0 Å². The summed E-state index contributed by atoms with van der Waals surface area (Å²) in [6.07, 6.45) is 3.57. The van der Waals surface area contributed by atoms with Crippen LogP contribution in [0.25, 0.3) is 0 Å². The third-order valence-electron chi connectivity index (χ3n) is 6.78. The first kappa shape index (κ1) is 25.3. The molecule has 0 unspecified atom stereocenters. The maximum Gasteiger partial charge on any atom is 0.355 e. The molecule has 1 amide bonds. The molecule has 0 bridgehead atoms. The molecular weight excluding hydrogens is 504 g/mol. The molecule has 2 heterocycles. The highest BCUT2D eigenvalue weighted by Gasteiger charge is 2.56. The van der Waals surface area contributed by atoms with Gasteiger partial charge in [-0.25, -0.2) is 4.79 Å². The number of nitrogens with one attached hydrogen (secondary N) is 1. The first-order chi connectivity index (χ1) is 18.1. The number of benzene rings is 3. The highest BCUT2D eigenvalue weighted by Crippen LogP contribution is 2.45. The molecule has 1 saturated heterocycles. The lowest BCUT2D eigenvalue weighted by molar-refractivity contribution is -0.151. The molecule has 0 saturated carbocycles. The lowest BCUT2D eigenvalue weighted by atomic mass is 9.76. The molecule has 0 aromatic heterocycles. The van der Waals surface area contributed by atoms with Crippen LogP contribution in [0.4, 0.5) is 0 Å². The predicted octanol–water partition coefficient (Wildman–Crippen LogP) is 5.07. The van der Waals surface area contributed by atoms with Crippen LogP contribution in [-0.2, 0) is 19.9 Å². The van der Waals surface area contributed by atoms with Crippen molar-refractivity contribution in [1.82, 2.24) is 10.2 Å². The SMILES string of the molecule is COC(=O)C1=C(/C=C/CCl)CS[C@@H]2[C@H](NC(c3ccccc3)(c3ccccc3)c3ccccc3)C(=O)N12. The van der Waals surface area contributed by atoms with E-state index in [1.165, 1.54) is 7.11 Å². The van der Waals surface area contributed by atoms with Crippen molar-refractivity contribution in [3.8, 4) is 0 Å². The van der Waals surface area contributed by atoms with E-state index in [4.69, 9.17) is 16.3 Å². The molecule has 1 N–H and O–H groups in total. The Morgan fingerprint density at radius 1 is 1.00 bits per heavy atom. The van der Waals surface area contributed by atoms with E-state index in [2.05, 4.69) is 41.7 Å². The number of allylic oxidation sites excluding steroid dienone is 2. The zero-order chi connectivity index (χ0) is 25.8. The minimum absolute atomic E-state index is 0.165.